The molecule has 0 radical (unpaired) electrons. The van der Waals surface area contributed by atoms with Crippen molar-refractivity contribution in [2.24, 2.45) is 5.92 Å². The van der Waals surface area contributed by atoms with E-state index in [1.807, 2.05) is 6.92 Å². The smallest absolute Gasteiger partial charge is 0.244 e. The summed E-state index contributed by atoms with van der Waals surface area (Å²) < 4.78 is 27.6. The maximum atomic E-state index is 12.4. The predicted molar refractivity (Wildman–Crippen MR) is 80.1 cm³/mol. The highest BCUT2D eigenvalue weighted by atomic mass is 32.2. The molecule has 0 saturated heterocycles. The lowest BCUT2D eigenvalue weighted by molar-refractivity contribution is 0.573. The molecule has 1 saturated carbocycles. The van der Waals surface area contributed by atoms with Crippen LogP contribution in [-0.2, 0) is 10.0 Å². The summed E-state index contributed by atoms with van der Waals surface area (Å²) in [4.78, 5) is 4.38. The van der Waals surface area contributed by atoms with E-state index in [0.717, 1.165) is 25.7 Å². The van der Waals surface area contributed by atoms with Crippen LogP contribution in [0.2, 0.25) is 0 Å². The van der Waals surface area contributed by atoms with Gasteiger partial charge < -0.3 is 5.32 Å². The van der Waals surface area contributed by atoms with Crippen LogP contribution in [0.25, 0.3) is 0 Å². The summed E-state index contributed by atoms with van der Waals surface area (Å²) in [7, 11) is -3.48. The molecule has 0 bridgehead atoms. The monoisotopic (exact) mass is 297 g/mol. The van der Waals surface area contributed by atoms with Crippen molar-refractivity contribution in [3.05, 3.63) is 18.3 Å². The number of nitrogens with one attached hydrogen (secondary N) is 2. The van der Waals surface area contributed by atoms with Crippen molar-refractivity contribution < 1.29 is 8.42 Å². The molecule has 0 aromatic carbocycles. The molecule has 1 heterocycles. The normalized spacial score (nSPS) is 21.7. The van der Waals surface area contributed by atoms with E-state index in [1.54, 1.807) is 18.3 Å². The Labute approximate surface area is 121 Å². The first-order valence-corrected chi connectivity index (χ1v) is 8.78. The summed E-state index contributed by atoms with van der Waals surface area (Å²) in [5.74, 6) is 0.938. The fraction of sp³-hybridized carbons (Fsp3) is 0.643. The highest BCUT2D eigenvalue weighted by Crippen LogP contribution is 2.36. The van der Waals surface area contributed by atoms with E-state index in [0.29, 0.717) is 18.3 Å². The van der Waals surface area contributed by atoms with Crippen LogP contribution < -0.4 is 10.0 Å². The van der Waals surface area contributed by atoms with Crippen molar-refractivity contribution in [1.29, 1.82) is 0 Å². The van der Waals surface area contributed by atoms with Gasteiger partial charge in [-0.2, -0.15) is 0 Å². The maximum absolute atomic E-state index is 12.4. The van der Waals surface area contributed by atoms with Gasteiger partial charge in [0.25, 0.3) is 0 Å². The Bertz CT molecular complexity index is 545. The molecule has 20 heavy (non-hydrogen) atoms. The molecular weight excluding hydrogens is 274 g/mol. The van der Waals surface area contributed by atoms with Crippen LogP contribution in [0.4, 0.5) is 5.82 Å². The van der Waals surface area contributed by atoms with Crippen molar-refractivity contribution >= 4 is 15.8 Å². The number of sulfonamides is 1. The molecule has 2 N–H and O–H groups in total. The third-order valence-corrected chi connectivity index (χ3v) is 5.01. The molecule has 2 atom stereocenters. The molecule has 0 amide bonds. The molecule has 0 aliphatic heterocycles. The van der Waals surface area contributed by atoms with Gasteiger partial charge in [-0.25, -0.2) is 18.1 Å². The third kappa shape index (κ3) is 3.70. The van der Waals surface area contributed by atoms with Gasteiger partial charge in [0.1, 0.15) is 10.7 Å². The van der Waals surface area contributed by atoms with E-state index in [-0.39, 0.29) is 10.9 Å². The van der Waals surface area contributed by atoms with E-state index in [1.165, 1.54) is 0 Å². The fourth-order valence-electron chi connectivity index (χ4n) is 2.33. The summed E-state index contributed by atoms with van der Waals surface area (Å²) in [6.45, 7) is 4.86. The summed E-state index contributed by atoms with van der Waals surface area (Å²) in [5, 5.41) is 3.07. The molecule has 2 rings (SSSR count). The van der Waals surface area contributed by atoms with E-state index in [9.17, 15) is 8.42 Å². The van der Waals surface area contributed by atoms with Gasteiger partial charge in [-0.3, -0.25) is 0 Å². The number of aromatic nitrogens is 1. The van der Waals surface area contributed by atoms with Gasteiger partial charge in [0.05, 0.1) is 0 Å². The number of rotatable bonds is 8. The fourth-order valence-corrected chi connectivity index (χ4v) is 3.78. The molecule has 1 aromatic rings. The average Bonchev–Trinajstić information content (AvgIpc) is 3.14. The molecule has 1 aliphatic rings. The zero-order chi connectivity index (χ0) is 14.6. The molecule has 5 nitrogen and oxygen atoms in total. The minimum Gasteiger partial charge on any atom is -0.369 e. The van der Waals surface area contributed by atoms with Gasteiger partial charge in [-0.05, 0) is 37.3 Å². The topological polar surface area (TPSA) is 71.1 Å². The highest BCUT2D eigenvalue weighted by Gasteiger charge is 2.39. The van der Waals surface area contributed by atoms with E-state index in [2.05, 4.69) is 21.9 Å². The van der Waals surface area contributed by atoms with Crippen molar-refractivity contribution in [1.82, 2.24) is 9.71 Å². The largest absolute Gasteiger partial charge is 0.369 e. The summed E-state index contributed by atoms with van der Waals surface area (Å²) in [6.07, 6.45) is 5.66. The first kappa shape index (κ1) is 15.3. The van der Waals surface area contributed by atoms with Crippen LogP contribution >= 0.6 is 0 Å². The second-order valence-electron chi connectivity index (χ2n) is 5.29. The van der Waals surface area contributed by atoms with Gasteiger partial charge in [-0.15, -0.1) is 0 Å². The quantitative estimate of drug-likeness (QED) is 0.773. The van der Waals surface area contributed by atoms with E-state index < -0.39 is 10.0 Å². The Morgan fingerprint density at radius 2 is 2.15 bits per heavy atom. The Morgan fingerprint density at radius 3 is 2.85 bits per heavy atom. The van der Waals surface area contributed by atoms with Gasteiger partial charge in [0, 0.05) is 18.8 Å². The van der Waals surface area contributed by atoms with Gasteiger partial charge in [0.2, 0.25) is 10.0 Å². The molecule has 1 aromatic heterocycles. The van der Waals surface area contributed by atoms with Crippen LogP contribution in [-0.4, -0.2) is 26.0 Å². The Morgan fingerprint density at radius 1 is 1.35 bits per heavy atom. The molecule has 6 heteroatoms. The van der Waals surface area contributed by atoms with Crippen molar-refractivity contribution in [3.63, 3.8) is 0 Å². The van der Waals surface area contributed by atoms with Crippen molar-refractivity contribution in [2.45, 2.75) is 50.5 Å². The van der Waals surface area contributed by atoms with Crippen LogP contribution in [0.3, 0.4) is 0 Å². The first-order chi connectivity index (χ1) is 9.58. The SMILES string of the molecule is CCCNc1ncccc1S(=O)(=O)NC1CC1CCC. The lowest BCUT2D eigenvalue weighted by Gasteiger charge is -2.11. The van der Waals surface area contributed by atoms with Gasteiger partial charge in [-0.1, -0.05) is 20.3 Å². The second-order valence-corrected chi connectivity index (χ2v) is 6.97. The summed E-state index contributed by atoms with van der Waals surface area (Å²) in [5.41, 5.74) is 0. The minimum absolute atomic E-state index is 0.0965. The Kier molecular flexibility index (Phi) is 4.99. The van der Waals surface area contributed by atoms with Crippen LogP contribution in [0.15, 0.2) is 23.2 Å². The highest BCUT2D eigenvalue weighted by molar-refractivity contribution is 7.89. The van der Waals surface area contributed by atoms with Crippen molar-refractivity contribution in [2.75, 3.05) is 11.9 Å². The first-order valence-electron chi connectivity index (χ1n) is 7.29. The lowest BCUT2D eigenvalue weighted by atomic mass is 10.2. The molecule has 112 valence electrons. The van der Waals surface area contributed by atoms with Crippen LogP contribution in [0, 0.1) is 5.92 Å². The standard InChI is InChI=1S/C14H23N3O2S/c1-3-6-11-10-12(11)17-20(18,19)13-7-5-9-16-14(13)15-8-4-2/h5,7,9,11-12,17H,3-4,6,8,10H2,1-2H3,(H,15,16). The Hall–Kier alpha value is -1.14. The summed E-state index contributed by atoms with van der Waals surface area (Å²) >= 11 is 0. The molecule has 1 aliphatic carbocycles. The van der Waals surface area contributed by atoms with E-state index >= 15 is 0 Å². The number of nitrogens with zero attached hydrogens (tertiary/aromatic N) is 1. The van der Waals surface area contributed by atoms with Crippen LogP contribution in [0.1, 0.15) is 39.5 Å². The predicted octanol–water partition coefficient (Wildman–Crippen LogP) is 2.37. The molecule has 2 unspecified atom stereocenters. The molecule has 1 fully saturated rings. The Balaban J connectivity index is 2.09. The third-order valence-electron chi connectivity index (χ3n) is 3.49. The van der Waals surface area contributed by atoms with Crippen molar-refractivity contribution in [3.8, 4) is 0 Å². The van der Waals surface area contributed by atoms with Gasteiger partial charge in [0.15, 0.2) is 0 Å². The van der Waals surface area contributed by atoms with Gasteiger partial charge >= 0.3 is 0 Å². The average molecular weight is 297 g/mol. The van der Waals surface area contributed by atoms with Crippen LogP contribution in [0.5, 0.6) is 0 Å². The zero-order valence-corrected chi connectivity index (χ0v) is 12.9. The number of anilines is 1. The second kappa shape index (κ2) is 6.54. The zero-order valence-electron chi connectivity index (χ0n) is 12.1. The number of hydrogen-bond acceptors (Lipinski definition) is 4. The van der Waals surface area contributed by atoms with E-state index in [4.69, 9.17) is 0 Å². The molecule has 0 spiro atoms. The number of pyridine rings is 1. The minimum atomic E-state index is -3.48. The summed E-state index contributed by atoms with van der Waals surface area (Å²) in [6, 6.07) is 3.35. The lowest BCUT2D eigenvalue weighted by Crippen LogP contribution is -2.28. The maximum Gasteiger partial charge on any atom is 0.244 e. The molecular formula is C14H23N3O2S. The number of hydrogen-bond donors (Lipinski definition) is 2.